The topological polar surface area (TPSA) is 81.8 Å². The molecule has 0 unspecified atom stereocenters. The first-order chi connectivity index (χ1) is 11.7. The number of nitrogens with two attached hydrogens (primary N) is 1. The number of pyridine rings is 1. The van der Waals surface area contributed by atoms with Crippen molar-refractivity contribution in [1.29, 1.82) is 0 Å². The summed E-state index contributed by atoms with van der Waals surface area (Å²) in [5.74, 6) is 1.77. The van der Waals surface area contributed by atoms with E-state index in [9.17, 15) is 0 Å². The van der Waals surface area contributed by atoms with Gasteiger partial charge >= 0.3 is 0 Å². The normalized spacial score (nSPS) is 14.2. The highest BCUT2D eigenvalue weighted by Gasteiger charge is 2.19. The van der Waals surface area contributed by atoms with Crippen molar-refractivity contribution in [3.63, 3.8) is 0 Å². The molecule has 1 fully saturated rings. The predicted octanol–water partition coefficient (Wildman–Crippen LogP) is 3.57. The smallest absolute Gasteiger partial charge is 0.213 e. The van der Waals surface area contributed by atoms with Gasteiger partial charge in [0.15, 0.2) is 5.96 Å². The van der Waals surface area contributed by atoms with Crippen LogP contribution in [0, 0.1) is 0 Å². The average molecular weight is 454 g/mol. The van der Waals surface area contributed by atoms with Crippen molar-refractivity contribution >= 4 is 35.6 Å². The maximum atomic E-state index is 5.95. The molecule has 0 atom stereocenters. The van der Waals surface area contributed by atoms with Gasteiger partial charge in [-0.3, -0.25) is 0 Å². The highest BCUT2D eigenvalue weighted by molar-refractivity contribution is 14.0. The number of nitrogens with zero attached hydrogens (tertiary/aromatic N) is 2. The zero-order valence-corrected chi connectivity index (χ0v) is 16.5. The molecule has 1 saturated carbocycles. The second-order valence-electron chi connectivity index (χ2n) is 5.73. The maximum absolute atomic E-state index is 5.95. The third-order valence-electron chi connectivity index (χ3n) is 3.91. The summed E-state index contributed by atoms with van der Waals surface area (Å²) in [7, 11) is 1.63. The molecule has 134 valence electrons. The molecule has 3 rings (SSSR count). The summed E-state index contributed by atoms with van der Waals surface area (Å²) in [6.45, 7) is 0.465. The Balaban J connectivity index is 0.00000225. The lowest BCUT2D eigenvalue weighted by Crippen LogP contribution is -2.25. The molecular formula is C18H23IN4O2. The average Bonchev–Trinajstić information content (AvgIpc) is 2.57. The molecule has 1 aromatic heterocycles. The van der Waals surface area contributed by atoms with E-state index in [1.165, 1.54) is 6.42 Å². The van der Waals surface area contributed by atoms with E-state index in [0.717, 1.165) is 29.8 Å². The lowest BCUT2D eigenvalue weighted by Gasteiger charge is -2.25. The van der Waals surface area contributed by atoms with Gasteiger partial charge in [-0.2, -0.15) is 0 Å². The number of aliphatic imine (C=N–C) groups is 1. The molecule has 0 radical (unpaired) electrons. The Kier molecular flexibility index (Phi) is 7.30. The van der Waals surface area contributed by atoms with Gasteiger partial charge in [-0.15, -0.1) is 24.0 Å². The number of anilines is 1. The molecule has 1 aliphatic rings. The molecule has 0 amide bonds. The number of halogens is 1. The number of nitrogens with one attached hydrogen (secondary N) is 1. The molecule has 7 heteroatoms. The van der Waals surface area contributed by atoms with E-state index in [1.807, 2.05) is 36.4 Å². The van der Waals surface area contributed by atoms with Crippen LogP contribution in [0.2, 0.25) is 0 Å². The minimum Gasteiger partial charge on any atom is -0.497 e. The minimum atomic E-state index is 0. The van der Waals surface area contributed by atoms with Gasteiger partial charge in [-0.25, -0.2) is 9.98 Å². The molecule has 0 spiro atoms. The summed E-state index contributed by atoms with van der Waals surface area (Å²) < 4.78 is 11.0. The number of rotatable bonds is 6. The van der Waals surface area contributed by atoms with Crippen LogP contribution in [0.4, 0.5) is 5.69 Å². The first-order valence-corrected chi connectivity index (χ1v) is 8.05. The summed E-state index contributed by atoms with van der Waals surface area (Å²) in [6, 6.07) is 11.4. The van der Waals surface area contributed by atoms with E-state index < -0.39 is 0 Å². The number of hydrogen-bond donors (Lipinski definition) is 2. The van der Waals surface area contributed by atoms with Gasteiger partial charge in [0.2, 0.25) is 5.88 Å². The second-order valence-corrected chi connectivity index (χ2v) is 5.73. The molecule has 6 nitrogen and oxygen atoms in total. The van der Waals surface area contributed by atoms with E-state index >= 15 is 0 Å². The van der Waals surface area contributed by atoms with Crippen LogP contribution in [0.1, 0.15) is 24.8 Å². The number of benzene rings is 1. The standard InChI is InChI=1S/C18H22N4O2.HI/c1-23-16-7-2-4-14(11-16)22-18(19)21-12-13-8-9-20-17(10-13)24-15-5-3-6-15;/h2,4,7-11,15H,3,5-6,12H2,1H3,(H3,19,21,22);1H. The fraction of sp³-hybridized carbons (Fsp3) is 0.333. The summed E-state index contributed by atoms with van der Waals surface area (Å²) in [5, 5.41) is 3.05. The third kappa shape index (κ3) is 5.77. The highest BCUT2D eigenvalue weighted by atomic mass is 127. The molecule has 1 heterocycles. The summed E-state index contributed by atoms with van der Waals surface area (Å²) in [5.41, 5.74) is 7.79. The first-order valence-electron chi connectivity index (χ1n) is 8.05. The van der Waals surface area contributed by atoms with Crippen LogP contribution >= 0.6 is 24.0 Å². The number of guanidine groups is 1. The van der Waals surface area contributed by atoms with Crippen molar-refractivity contribution in [3.8, 4) is 11.6 Å². The van der Waals surface area contributed by atoms with Crippen LogP contribution in [0.25, 0.3) is 0 Å². The molecule has 0 bridgehead atoms. The monoisotopic (exact) mass is 454 g/mol. The van der Waals surface area contributed by atoms with Crippen molar-refractivity contribution in [1.82, 2.24) is 4.98 Å². The molecule has 3 N–H and O–H groups in total. The Morgan fingerprint density at radius 3 is 2.88 bits per heavy atom. The zero-order valence-electron chi connectivity index (χ0n) is 14.1. The van der Waals surface area contributed by atoms with Crippen molar-refractivity contribution in [2.45, 2.75) is 31.9 Å². The van der Waals surface area contributed by atoms with E-state index in [1.54, 1.807) is 13.3 Å². The van der Waals surface area contributed by atoms with E-state index in [0.29, 0.717) is 24.5 Å². The molecule has 1 aliphatic carbocycles. The van der Waals surface area contributed by atoms with E-state index in [-0.39, 0.29) is 24.0 Å². The Labute approximate surface area is 164 Å². The predicted molar refractivity (Wildman–Crippen MR) is 110 cm³/mol. The van der Waals surface area contributed by atoms with Gasteiger partial charge in [0.1, 0.15) is 11.9 Å². The maximum Gasteiger partial charge on any atom is 0.213 e. The minimum absolute atomic E-state index is 0. The van der Waals surface area contributed by atoms with E-state index in [4.69, 9.17) is 15.2 Å². The molecule has 1 aromatic carbocycles. The number of ether oxygens (including phenoxy) is 2. The van der Waals surface area contributed by atoms with Crippen LogP contribution in [0.5, 0.6) is 11.6 Å². The summed E-state index contributed by atoms with van der Waals surface area (Å²) in [6.07, 6.45) is 5.52. The van der Waals surface area contributed by atoms with Gasteiger partial charge in [-0.1, -0.05) is 6.07 Å². The van der Waals surface area contributed by atoms with Crippen molar-refractivity contribution in [3.05, 3.63) is 48.2 Å². The highest BCUT2D eigenvalue weighted by Crippen LogP contribution is 2.24. The number of hydrogen-bond acceptors (Lipinski definition) is 4. The van der Waals surface area contributed by atoms with E-state index in [2.05, 4.69) is 15.3 Å². The summed E-state index contributed by atoms with van der Waals surface area (Å²) in [4.78, 5) is 8.60. The molecule has 0 aliphatic heterocycles. The SMILES string of the molecule is COc1cccc(NC(N)=NCc2ccnc(OC3CCC3)c2)c1.I. The molecule has 25 heavy (non-hydrogen) atoms. The van der Waals surface area contributed by atoms with Gasteiger partial charge in [-0.05, 0) is 43.0 Å². The van der Waals surface area contributed by atoms with Gasteiger partial charge in [0.05, 0.1) is 13.7 Å². The number of methoxy groups -OCH3 is 1. The third-order valence-corrected chi connectivity index (χ3v) is 3.91. The van der Waals surface area contributed by atoms with Crippen molar-refractivity contribution in [2.75, 3.05) is 12.4 Å². The van der Waals surface area contributed by atoms with Crippen LogP contribution in [-0.2, 0) is 6.54 Å². The molecule has 2 aromatic rings. The number of aromatic nitrogens is 1. The lowest BCUT2D eigenvalue weighted by atomic mass is 9.96. The van der Waals surface area contributed by atoms with Crippen LogP contribution in [0.15, 0.2) is 47.6 Å². The van der Waals surface area contributed by atoms with Crippen molar-refractivity contribution < 1.29 is 9.47 Å². The molecular weight excluding hydrogens is 431 g/mol. The Hall–Kier alpha value is -2.03. The fourth-order valence-corrected chi connectivity index (χ4v) is 2.34. The Bertz CT molecular complexity index is 720. The Morgan fingerprint density at radius 1 is 1.32 bits per heavy atom. The second kappa shape index (κ2) is 9.45. The lowest BCUT2D eigenvalue weighted by molar-refractivity contribution is 0.114. The van der Waals surface area contributed by atoms with Crippen LogP contribution in [-0.4, -0.2) is 24.2 Å². The largest absolute Gasteiger partial charge is 0.497 e. The fourth-order valence-electron chi connectivity index (χ4n) is 2.34. The van der Waals surface area contributed by atoms with Gasteiger partial charge in [0, 0.05) is 24.0 Å². The quantitative estimate of drug-likeness (QED) is 0.396. The molecule has 0 saturated heterocycles. The zero-order chi connectivity index (χ0) is 16.8. The van der Waals surface area contributed by atoms with Crippen LogP contribution < -0.4 is 20.5 Å². The van der Waals surface area contributed by atoms with Crippen LogP contribution in [0.3, 0.4) is 0 Å². The Morgan fingerprint density at radius 2 is 2.16 bits per heavy atom. The van der Waals surface area contributed by atoms with Gasteiger partial charge in [0.25, 0.3) is 0 Å². The first kappa shape index (κ1) is 19.3. The summed E-state index contributed by atoms with van der Waals surface area (Å²) >= 11 is 0. The van der Waals surface area contributed by atoms with Crippen molar-refractivity contribution in [2.24, 2.45) is 10.7 Å². The van der Waals surface area contributed by atoms with Gasteiger partial charge < -0.3 is 20.5 Å².